The summed E-state index contributed by atoms with van der Waals surface area (Å²) in [6.07, 6.45) is -14.1. The van der Waals surface area contributed by atoms with E-state index in [1.54, 1.807) is 0 Å². The van der Waals surface area contributed by atoms with Crippen LogP contribution in [0.15, 0.2) is 0 Å². The van der Waals surface area contributed by atoms with Gasteiger partial charge in [-0.05, 0) is 6.92 Å². The zero-order chi connectivity index (χ0) is 18.2. The first-order valence-electron chi connectivity index (χ1n) is 7.00. The van der Waals surface area contributed by atoms with Crippen LogP contribution in [0, 0.1) is 0 Å². The van der Waals surface area contributed by atoms with Crippen molar-refractivity contribution in [1.82, 2.24) is 0 Å². The second kappa shape index (κ2) is 7.43. The summed E-state index contributed by atoms with van der Waals surface area (Å²) in [5.41, 5.74) is 0. The molecule has 0 aliphatic carbocycles. The Bertz CT molecular complexity index is 525. The van der Waals surface area contributed by atoms with Crippen molar-refractivity contribution >= 4 is 10.4 Å². The van der Waals surface area contributed by atoms with E-state index in [0.717, 1.165) is 0 Å². The van der Waals surface area contributed by atoms with Crippen LogP contribution in [0.3, 0.4) is 0 Å². The highest BCUT2D eigenvalue weighted by molar-refractivity contribution is 7.80. The van der Waals surface area contributed by atoms with Gasteiger partial charge in [-0.15, -0.1) is 0 Å². The van der Waals surface area contributed by atoms with E-state index in [0.29, 0.717) is 0 Å². The highest BCUT2D eigenvalue weighted by Crippen LogP contribution is 2.29. The molecule has 24 heavy (non-hydrogen) atoms. The lowest BCUT2D eigenvalue weighted by molar-refractivity contribution is -0.335. The van der Waals surface area contributed by atoms with E-state index < -0.39 is 65.7 Å². The van der Waals surface area contributed by atoms with E-state index in [1.165, 1.54) is 6.92 Å². The number of hydrogen-bond acceptors (Lipinski definition) is 11. The van der Waals surface area contributed by atoms with Crippen molar-refractivity contribution in [3.8, 4) is 0 Å². The Labute approximate surface area is 137 Å². The van der Waals surface area contributed by atoms with Gasteiger partial charge in [-0.1, -0.05) is 0 Å². The van der Waals surface area contributed by atoms with Crippen LogP contribution in [0.25, 0.3) is 0 Å². The Balaban J connectivity index is 2.17. The molecule has 0 aromatic rings. The number of ether oxygens (including phenoxy) is 3. The average Bonchev–Trinajstić information content (AvgIpc) is 2.47. The standard InChI is InChI=1S/C11H20O12S/c1-3-8(22-11-6(14)5(13)4(12)2-20-11)9(23-24(17,18)19)7(15)10(16)21-3/h3-16H,2H2,1H3,(H,17,18,19). The fourth-order valence-electron chi connectivity index (χ4n) is 2.50. The molecular formula is C11H20O12S. The smallest absolute Gasteiger partial charge is 0.388 e. The summed E-state index contributed by atoms with van der Waals surface area (Å²) in [6, 6.07) is 0. The van der Waals surface area contributed by atoms with Crippen LogP contribution in [-0.4, -0.2) is 100 Å². The summed E-state index contributed by atoms with van der Waals surface area (Å²) in [7, 11) is -5.01. The van der Waals surface area contributed by atoms with Crippen molar-refractivity contribution < 1.29 is 56.9 Å². The molecule has 2 fully saturated rings. The van der Waals surface area contributed by atoms with Crippen molar-refractivity contribution in [2.24, 2.45) is 0 Å². The molecule has 13 heteroatoms. The molecule has 9 unspecified atom stereocenters. The van der Waals surface area contributed by atoms with E-state index >= 15 is 0 Å². The van der Waals surface area contributed by atoms with Crippen molar-refractivity contribution in [2.75, 3.05) is 6.61 Å². The molecule has 2 heterocycles. The fraction of sp³-hybridized carbons (Fsp3) is 1.00. The monoisotopic (exact) mass is 376 g/mol. The molecule has 9 atom stereocenters. The molecule has 12 nitrogen and oxygen atoms in total. The summed E-state index contributed by atoms with van der Waals surface area (Å²) in [5, 5.41) is 48.2. The summed E-state index contributed by atoms with van der Waals surface area (Å²) >= 11 is 0. The van der Waals surface area contributed by atoms with E-state index in [9.17, 15) is 34.0 Å². The minimum atomic E-state index is -5.01. The number of rotatable bonds is 4. The molecule has 2 rings (SSSR count). The minimum absolute atomic E-state index is 0.375. The van der Waals surface area contributed by atoms with Crippen LogP contribution in [-0.2, 0) is 28.8 Å². The summed E-state index contributed by atoms with van der Waals surface area (Å²) in [5.74, 6) is 0. The number of aliphatic hydroxyl groups is 5. The highest BCUT2D eigenvalue weighted by atomic mass is 32.3. The number of hydrogen-bond donors (Lipinski definition) is 6. The third-order valence-corrected chi connectivity index (χ3v) is 4.21. The summed E-state index contributed by atoms with van der Waals surface area (Å²) in [4.78, 5) is 0. The van der Waals surface area contributed by atoms with Gasteiger partial charge in [-0.25, -0.2) is 4.18 Å². The molecule has 0 aromatic carbocycles. The van der Waals surface area contributed by atoms with Crippen molar-refractivity contribution in [2.45, 2.75) is 62.2 Å². The molecule has 0 saturated carbocycles. The first-order chi connectivity index (χ1) is 11.0. The Morgan fingerprint density at radius 3 is 2.21 bits per heavy atom. The van der Waals surface area contributed by atoms with Crippen LogP contribution in [0.1, 0.15) is 6.92 Å². The lowest BCUT2D eigenvalue weighted by Gasteiger charge is -2.43. The zero-order valence-corrected chi connectivity index (χ0v) is 13.3. The van der Waals surface area contributed by atoms with Gasteiger partial charge in [0.2, 0.25) is 0 Å². The summed E-state index contributed by atoms with van der Waals surface area (Å²) in [6.45, 7) is 0.973. The molecular weight excluding hydrogens is 356 g/mol. The largest absolute Gasteiger partial charge is 0.397 e. The third-order valence-electron chi connectivity index (χ3n) is 3.75. The predicted molar refractivity (Wildman–Crippen MR) is 71.6 cm³/mol. The minimum Gasteiger partial charge on any atom is -0.388 e. The molecule has 2 aliphatic heterocycles. The molecule has 0 bridgehead atoms. The second-order valence-corrected chi connectivity index (χ2v) is 6.61. The molecule has 6 N–H and O–H groups in total. The van der Waals surface area contributed by atoms with Gasteiger partial charge in [0, 0.05) is 0 Å². The zero-order valence-electron chi connectivity index (χ0n) is 12.4. The molecule has 2 aliphatic rings. The van der Waals surface area contributed by atoms with E-state index in [4.69, 9.17) is 18.8 Å². The topological polar surface area (TPSA) is 192 Å². The van der Waals surface area contributed by atoms with E-state index in [2.05, 4.69) is 4.18 Å². The summed E-state index contributed by atoms with van der Waals surface area (Å²) < 4.78 is 50.3. The van der Waals surface area contributed by atoms with Crippen LogP contribution in [0.4, 0.5) is 0 Å². The normalized spacial score (nSPS) is 47.5. The molecule has 2 saturated heterocycles. The lowest BCUT2D eigenvalue weighted by atomic mass is 9.99. The SMILES string of the molecule is CC1OC(O)C(O)C(OS(=O)(=O)O)C1OC1OCC(O)C(O)C1O. The molecule has 0 amide bonds. The quantitative estimate of drug-likeness (QED) is 0.262. The molecule has 0 aromatic heterocycles. The highest BCUT2D eigenvalue weighted by Gasteiger charge is 2.49. The van der Waals surface area contributed by atoms with Gasteiger partial charge in [0.1, 0.15) is 36.6 Å². The Morgan fingerprint density at radius 2 is 1.62 bits per heavy atom. The van der Waals surface area contributed by atoms with E-state index in [1.807, 2.05) is 0 Å². The van der Waals surface area contributed by atoms with Gasteiger partial charge in [-0.3, -0.25) is 4.55 Å². The van der Waals surface area contributed by atoms with Crippen molar-refractivity contribution in [1.29, 1.82) is 0 Å². The van der Waals surface area contributed by atoms with Gasteiger partial charge >= 0.3 is 10.4 Å². The van der Waals surface area contributed by atoms with Crippen LogP contribution < -0.4 is 0 Å². The van der Waals surface area contributed by atoms with E-state index in [-0.39, 0.29) is 6.61 Å². The van der Waals surface area contributed by atoms with Gasteiger partial charge in [0.15, 0.2) is 12.6 Å². The first kappa shape index (κ1) is 19.9. The Kier molecular flexibility index (Phi) is 6.15. The number of aliphatic hydroxyl groups excluding tert-OH is 5. The molecule has 142 valence electrons. The van der Waals surface area contributed by atoms with Gasteiger partial charge in [-0.2, -0.15) is 8.42 Å². The van der Waals surface area contributed by atoms with Crippen LogP contribution in [0.5, 0.6) is 0 Å². The van der Waals surface area contributed by atoms with Crippen molar-refractivity contribution in [3.63, 3.8) is 0 Å². The fourth-order valence-corrected chi connectivity index (χ4v) is 3.00. The Morgan fingerprint density at radius 1 is 1.00 bits per heavy atom. The first-order valence-corrected chi connectivity index (χ1v) is 8.36. The lowest BCUT2D eigenvalue weighted by Crippen LogP contribution is -2.62. The van der Waals surface area contributed by atoms with Gasteiger partial charge in [0.25, 0.3) is 0 Å². The second-order valence-electron chi connectivity index (χ2n) is 5.56. The predicted octanol–water partition coefficient (Wildman–Crippen LogP) is -3.90. The maximum atomic E-state index is 10.9. The maximum absolute atomic E-state index is 10.9. The van der Waals surface area contributed by atoms with Gasteiger partial charge in [0.05, 0.1) is 12.7 Å². The Hall–Kier alpha value is -0.450. The average molecular weight is 376 g/mol. The van der Waals surface area contributed by atoms with Crippen molar-refractivity contribution in [3.05, 3.63) is 0 Å². The van der Waals surface area contributed by atoms with Crippen LogP contribution in [0.2, 0.25) is 0 Å². The molecule has 0 radical (unpaired) electrons. The third kappa shape index (κ3) is 4.39. The maximum Gasteiger partial charge on any atom is 0.397 e. The molecule has 0 spiro atoms. The van der Waals surface area contributed by atoms with Gasteiger partial charge < -0.3 is 39.7 Å². The van der Waals surface area contributed by atoms with Crippen LogP contribution >= 0.6 is 0 Å².